The molecule has 1 aromatic carbocycles. The van der Waals surface area contributed by atoms with Crippen LogP contribution in [-0.2, 0) is 23.4 Å². The Hall–Kier alpha value is -2.71. The number of nitrogens with one attached hydrogen (secondary N) is 1. The number of hydrogen-bond acceptors (Lipinski definition) is 12. The van der Waals surface area contributed by atoms with Crippen LogP contribution in [-0.4, -0.2) is 72.5 Å². The summed E-state index contributed by atoms with van der Waals surface area (Å²) in [6, 6.07) is 7.13. The number of alkyl halides is 2. The van der Waals surface area contributed by atoms with Gasteiger partial charge in [-0.15, -0.1) is 0 Å². The minimum absolute atomic E-state index is 0.0916. The Morgan fingerprint density at radius 1 is 1.27 bits per heavy atom. The number of anilines is 1. The van der Waals surface area contributed by atoms with E-state index in [9.17, 15) is 14.5 Å². The molecule has 41 heavy (non-hydrogen) atoms. The van der Waals surface area contributed by atoms with Crippen molar-refractivity contribution in [3.05, 3.63) is 36.7 Å². The Labute approximate surface area is 246 Å². The molecular weight excluding hydrogens is 602 g/mol. The van der Waals surface area contributed by atoms with Gasteiger partial charge in [0.2, 0.25) is 11.8 Å². The number of hydrogen-bond donors (Lipinski definition) is 3. The van der Waals surface area contributed by atoms with E-state index in [1.807, 2.05) is 0 Å². The van der Waals surface area contributed by atoms with Crippen LogP contribution >= 0.6 is 30.9 Å². The SMILES string of the molecule is CCOc1nc(N)nc2c1ncn2[C@@H]1O[C@H](COP(=O)(NC(C)C(=O)OC(C)C)Oc2ccccc2)[C@@H](O)C1(Cl)Cl. The summed E-state index contributed by atoms with van der Waals surface area (Å²) in [6.45, 7) is 6.38. The number of carbonyl (C=O) groups is 1. The minimum atomic E-state index is -4.26. The van der Waals surface area contributed by atoms with Gasteiger partial charge in [0.1, 0.15) is 24.0 Å². The van der Waals surface area contributed by atoms with Crippen molar-refractivity contribution in [3.8, 4) is 11.6 Å². The summed E-state index contributed by atoms with van der Waals surface area (Å²) in [5.74, 6) is -0.407. The van der Waals surface area contributed by atoms with Crippen molar-refractivity contribution in [1.29, 1.82) is 0 Å². The maximum atomic E-state index is 13.8. The zero-order chi connectivity index (χ0) is 29.9. The smallest absolute Gasteiger partial charge is 0.459 e. The first-order valence-electron chi connectivity index (χ1n) is 12.7. The van der Waals surface area contributed by atoms with Crippen molar-refractivity contribution >= 4 is 54.0 Å². The van der Waals surface area contributed by atoms with Gasteiger partial charge in [0.15, 0.2) is 21.7 Å². The van der Waals surface area contributed by atoms with Gasteiger partial charge >= 0.3 is 13.7 Å². The first-order chi connectivity index (χ1) is 19.3. The predicted octanol–water partition coefficient (Wildman–Crippen LogP) is 3.37. The topological polar surface area (TPSA) is 182 Å². The zero-order valence-corrected chi connectivity index (χ0v) is 25.0. The van der Waals surface area contributed by atoms with Crippen LogP contribution in [0.4, 0.5) is 5.95 Å². The van der Waals surface area contributed by atoms with Crippen molar-refractivity contribution < 1.29 is 37.7 Å². The third-order valence-corrected chi connectivity index (χ3v) is 8.22. The summed E-state index contributed by atoms with van der Waals surface area (Å²) in [4.78, 5) is 24.9. The fraction of sp³-hybridized carbons (Fsp3) is 0.500. The van der Waals surface area contributed by atoms with E-state index in [1.165, 1.54) is 17.8 Å². The molecule has 3 aromatic rings. The molecule has 0 amide bonds. The van der Waals surface area contributed by atoms with Gasteiger partial charge in [-0.05, 0) is 39.8 Å². The van der Waals surface area contributed by atoms with Gasteiger partial charge in [-0.25, -0.2) is 9.55 Å². The number of aromatic nitrogens is 4. The van der Waals surface area contributed by atoms with Crippen molar-refractivity contribution in [1.82, 2.24) is 24.6 Å². The fourth-order valence-electron chi connectivity index (χ4n) is 3.93. The Kier molecular flexibility index (Phi) is 9.64. The molecule has 2 unspecified atom stereocenters. The predicted molar refractivity (Wildman–Crippen MR) is 150 cm³/mol. The van der Waals surface area contributed by atoms with Crippen LogP contribution in [0.15, 0.2) is 36.7 Å². The molecule has 1 fully saturated rings. The highest BCUT2D eigenvalue weighted by molar-refractivity contribution is 7.52. The Morgan fingerprint density at radius 2 is 1.98 bits per heavy atom. The summed E-state index contributed by atoms with van der Waals surface area (Å²) in [5.41, 5.74) is 6.32. The van der Waals surface area contributed by atoms with E-state index in [0.29, 0.717) is 6.61 Å². The van der Waals surface area contributed by atoms with Crippen LogP contribution in [0.5, 0.6) is 11.6 Å². The molecule has 1 aliphatic heterocycles. The van der Waals surface area contributed by atoms with E-state index in [2.05, 4.69) is 20.0 Å². The summed E-state index contributed by atoms with van der Waals surface area (Å²) in [5, 5.41) is 13.6. The van der Waals surface area contributed by atoms with Crippen molar-refractivity contribution in [2.24, 2.45) is 0 Å². The van der Waals surface area contributed by atoms with Crippen LogP contribution in [0.25, 0.3) is 11.2 Å². The van der Waals surface area contributed by atoms with Crippen LogP contribution in [0.2, 0.25) is 0 Å². The molecule has 4 N–H and O–H groups in total. The molecule has 14 nitrogen and oxygen atoms in total. The molecule has 0 spiro atoms. The monoisotopic (exact) mass is 632 g/mol. The number of esters is 1. The molecule has 17 heteroatoms. The van der Waals surface area contributed by atoms with E-state index < -0.39 is 55.2 Å². The standard InChI is InChI=1S/C24H31Cl2N6O8P/c1-5-36-20-17-19(29-23(27)30-20)32(12-28-17)22-24(25,26)18(33)16(39-22)11-37-41(35,40-15-9-7-6-8-10-15)31-14(4)21(34)38-13(2)3/h6-10,12-14,16,18,22,33H,5,11H2,1-4H3,(H,31,35)(H2,27,29,30)/t14?,16-,18-,22-,41?/m1/s1. The number of halogens is 2. The van der Waals surface area contributed by atoms with Crippen LogP contribution in [0.1, 0.15) is 33.9 Å². The number of ether oxygens (including phenoxy) is 3. The number of nitrogens with zero attached hydrogens (tertiary/aromatic N) is 4. The molecule has 0 saturated carbocycles. The molecule has 2 aromatic heterocycles. The second-order valence-corrected chi connectivity index (χ2v) is 12.5. The van der Waals surface area contributed by atoms with E-state index in [0.717, 1.165) is 0 Å². The van der Waals surface area contributed by atoms with E-state index in [4.69, 9.17) is 52.2 Å². The van der Waals surface area contributed by atoms with Crippen molar-refractivity contribution in [2.45, 2.75) is 62.6 Å². The summed E-state index contributed by atoms with van der Waals surface area (Å²) in [7, 11) is -4.26. The summed E-state index contributed by atoms with van der Waals surface area (Å²) >= 11 is 13.1. The maximum Gasteiger partial charge on any atom is 0.459 e. The first kappa shape index (κ1) is 31.2. The third kappa shape index (κ3) is 7.03. The molecular formula is C24H31Cl2N6O8P. The van der Waals surface area contributed by atoms with Gasteiger partial charge in [0.05, 0.1) is 25.6 Å². The molecule has 1 saturated heterocycles. The van der Waals surface area contributed by atoms with Crippen LogP contribution < -0.4 is 20.1 Å². The second kappa shape index (κ2) is 12.7. The molecule has 3 heterocycles. The molecule has 1 aliphatic rings. The van der Waals surface area contributed by atoms with E-state index in [-0.39, 0.29) is 28.7 Å². The molecule has 224 valence electrons. The molecule has 0 bridgehead atoms. The number of carbonyl (C=O) groups excluding carboxylic acids is 1. The number of benzene rings is 1. The lowest BCUT2D eigenvalue weighted by atomic mass is 10.2. The van der Waals surface area contributed by atoms with Crippen LogP contribution in [0, 0.1) is 0 Å². The lowest BCUT2D eigenvalue weighted by Gasteiger charge is -2.25. The van der Waals surface area contributed by atoms with E-state index in [1.54, 1.807) is 51.1 Å². The van der Waals surface area contributed by atoms with Gasteiger partial charge in [-0.1, -0.05) is 41.4 Å². The highest BCUT2D eigenvalue weighted by atomic mass is 35.5. The first-order valence-corrected chi connectivity index (χ1v) is 15.0. The number of aliphatic hydroxyl groups is 1. The van der Waals surface area contributed by atoms with E-state index >= 15 is 0 Å². The number of rotatable bonds is 12. The average Bonchev–Trinajstić information content (AvgIpc) is 3.41. The van der Waals surface area contributed by atoms with Gasteiger partial charge in [0.25, 0.3) is 0 Å². The zero-order valence-electron chi connectivity index (χ0n) is 22.6. The largest absolute Gasteiger partial charge is 0.476 e. The molecule has 0 radical (unpaired) electrons. The molecule has 0 aliphatic carbocycles. The lowest BCUT2D eigenvalue weighted by molar-refractivity contribution is -0.149. The van der Waals surface area contributed by atoms with Crippen molar-refractivity contribution in [3.63, 3.8) is 0 Å². The maximum absolute atomic E-state index is 13.8. The Balaban J connectivity index is 1.56. The minimum Gasteiger partial charge on any atom is -0.476 e. The quantitative estimate of drug-likeness (QED) is 0.150. The molecule has 4 rings (SSSR count). The highest BCUT2D eigenvalue weighted by Gasteiger charge is 2.56. The second-order valence-electron chi connectivity index (χ2n) is 9.32. The average molecular weight is 633 g/mol. The van der Waals surface area contributed by atoms with Gasteiger partial charge < -0.3 is 29.6 Å². The van der Waals surface area contributed by atoms with Gasteiger partial charge in [-0.3, -0.25) is 13.9 Å². The Morgan fingerprint density at radius 3 is 2.63 bits per heavy atom. The highest BCUT2D eigenvalue weighted by Crippen LogP contribution is 2.50. The lowest BCUT2D eigenvalue weighted by Crippen LogP contribution is -2.39. The number of para-hydroxylation sites is 1. The number of nitrogen functional groups attached to an aromatic ring is 1. The molecule has 5 atom stereocenters. The summed E-state index contributed by atoms with van der Waals surface area (Å²) in [6.07, 6.45) is -3.02. The van der Waals surface area contributed by atoms with Gasteiger partial charge in [0, 0.05) is 0 Å². The fourth-order valence-corrected chi connectivity index (χ4v) is 6.02. The van der Waals surface area contributed by atoms with Crippen LogP contribution in [0.3, 0.4) is 0 Å². The number of fused-ring (bicyclic) bond motifs is 1. The Bertz CT molecular complexity index is 1410. The van der Waals surface area contributed by atoms with Gasteiger partial charge in [-0.2, -0.15) is 15.1 Å². The number of imidazole rings is 1. The number of aliphatic hydroxyl groups excluding tert-OH is 1. The normalized spacial score (nSPS) is 22.4. The third-order valence-electron chi connectivity index (χ3n) is 5.75. The number of nitrogens with two attached hydrogens (primary N) is 1. The van der Waals surface area contributed by atoms with Crippen molar-refractivity contribution in [2.75, 3.05) is 18.9 Å². The summed E-state index contributed by atoms with van der Waals surface area (Å²) < 4.78 is 41.2.